The third-order valence-corrected chi connectivity index (χ3v) is 8.22. The van der Waals surface area contributed by atoms with Crippen molar-refractivity contribution in [1.29, 1.82) is 0 Å². The largest absolute Gasteiger partial charge is 0.508 e. The molecule has 0 aromatic heterocycles. The van der Waals surface area contributed by atoms with Crippen LogP contribution < -0.4 is 10.2 Å². The highest BCUT2D eigenvalue weighted by Gasteiger charge is 2.43. The number of halogens is 1. The van der Waals surface area contributed by atoms with Crippen molar-refractivity contribution in [2.24, 2.45) is 5.41 Å². The van der Waals surface area contributed by atoms with E-state index in [1.54, 1.807) is 18.2 Å². The average molecular weight is 443 g/mol. The molecule has 2 saturated heterocycles. The van der Waals surface area contributed by atoms with E-state index in [1.165, 1.54) is 40.8 Å². The van der Waals surface area contributed by atoms with Gasteiger partial charge < -0.3 is 15.3 Å². The highest BCUT2D eigenvalue weighted by molar-refractivity contribution is 5.54. The number of piperidine rings is 1. The van der Waals surface area contributed by atoms with Gasteiger partial charge in [-0.25, -0.2) is 4.39 Å². The van der Waals surface area contributed by atoms with E-state index in [-0.39, 0.29) is 17.7 Å². The Morgan fingerprint density at radius 3 is 2.30 bits per heavy atom. The SMILES string of the molecule is Oc1ccc2c(c1)CC[C@H](c1ccc(F)cc1)C2c1ccc(N2CC3(CCNCC3)C2)cc1. The van der Waals surface area contributed by atoms with Crippen LogP contribution >= 0.6 is 0 Å². The predicted molar refractivity (Wildman–Crippen MR) is 131 cm³/mol. The molecule has 4 heteroatoms. The first-order valence-electron chi connectivity index (χ1n) is 12.2. The summed E-state index contributed by atoms with van der Waals surface area (Å²) in [6.45, 7) is 4.62. The summed E-state index contributed by atoms with van der Waals surface area (Å²) in [7, 11) is 0. The molecule has 0 saturated carbocycles. The average Bonchev–Trinajstić information content (AvgIpc) is 2.83. The van der Waals surface area contributed by atoms with Crippen LogP contribution in [0.2, 0.25) is 0 Å². The number of aryl methyl sites for hydroxylation is 1. The van der Waals surface area contributed by atoms with Crippen LogP contribution in [-0.2, 0) is 6.42 Å². The fourth-order valence-corrected chi connectivity index (χ4v) is 6.40. The molecule has 0 amide bonds. The van der Waals surface area contributed by atoms with E-state index in [1.807, 2.05) is 18.2 Å². The number of hydrogen-bond donors (Lipinski definition) is 2. The number of nitrogens with zero attached hydrogens (tertiary/aromatic N) is 1. The molecule has 33 heavy (non-hydrogen) atoms. The fourth-order valence-electron chi connectivity index (χ4n) is 6.40. The van der Waals surface area contributed by atoms with Crippen LogP contribution in [0.5, 0.6) is 5.75 Å². The molecule has 3 aliphatic rings. The van der Waals surface area contributed by atoms with Gasteiger partial charge in [-0.3, -0.25) is 0 Å². The molecular weight excluding hydrogens is 411 g/mol. The summed E-state index contributed by atoms with van der Waals surface area (Å²) in [5.74, 6) is 0.617. The molecule has 1 unspecified atom stereocenters. The standard InChI is InChI=1S/C29H31FN2O/c30-23-6-1-20(2-7-23)26-11-5-22-17-25(33)10-12-27(22)28(26)21-3-8-24(9-4-21)32-18-29(19-32)13-15-31-16-14-29/h1-4,6-10,12,17,26,28,31,33H,5,11,13-16,18-19H2/t26-,28?/m1/s1. The zero-order valence-corrected chi connectivity index (χ0v) is 18.9. The normalized spacial score (nSPS) is 23.7. The second kappa shape index (κ2) is 8.18. The summed E-state index contributed by atoms with van der Waals surface area (Å²) < 4.78 is 13.6. The Morgan fingerprint density at radius 1 is 0.879 bits per heavy atom. The van der Waals surface area contributed by atoms with Crippen LogP contribution in [0.15, 0.2) is 66.7 Å². The van der Waals surface area contributed by atoms with Gasteiger partial charge in [-0.2, -0.15) is 0 Å². The van der Waals surface area contributed by atoms with Crippen molar-refractivity contribution in [3.63, 3.8) is 0 Å². The van der Waals surface area contributed by atoms with Crippen molar-refractivity contribution in [3.8, 4) is 5.75 Å². The molecule has 3 aromatic carbocycles. The summed E-state index contributed by atoms with van der Waals surface area (Å²) in [6.07, 6.45) is 4.47. The third-order valence-electron chi connectivity index (χ3n) is 8.22. The topological polar surface area (TPSA) is 35.5 Å². The Bertz CT molecular complexity index is 1130. The van der Waals surface area contributed by atoms with Gasteiger partial charge in [-0.1, -0.05) is 30.3 Å². The predicted octanol–water partition coefficient (Wildman–Crippen LogP) is 5.58. The zero-order valence-electron chi connectivity index (χ0n) is 18.9. The minimum absolute atomic E-state index is 0.193. The summed E-state index contributed by atoms with van der Waals surface area (Å²) in [5.41, 5.74) is 6.79. The minimum atomic E-state index is -0.193. The Hall–Kier alpha value is -2.85. The van der Waals surface area contributed by atoms with E-state index in [0.29, 0.717) is 11.2 Å². The smallest absolute Gasteiger partial charge is 0.123 e. The molecule has 0 radical (unpaired) electrons. The summed E-state index contributed by atoms with van der Waals surface area (Å²) in [5, 5.41) is 13.5. The maximum Gasteiger partial charge on any atom is 0.123 e. The van der Waals surface area contributed by atoms with Crippen LogP contribution in [-0.4, -0.2) is 31.3 Å². The zero-order chi connectivity index (χ0) is 22.4. The van der Waals surface area contributed by atoms with Gasteiger partial charge in [0, 0.05) is 30.1 Å². The van der Waals surface area contributed by atoms with Crippen LogP contribution in [0.3, 0.4) is 0 Å². The first kappa shape index (κ1) is 20.7. The summed E-state index contributed by atoms with van der Waals surface area (Å²) in [4.78, 5) is 2.51. The monoisotopic (exact) mass is 442 g/mol. The lowest BCUT2D eigenvalue weighted by Gasteiger charge is -2.53. The number of phenols is 1. The maximum absolute atomic E-state index is 13.6. The van der Waals surface area contributed by atoms with E-state index in [4.69, 9.17) is 0 Å². The molecule has 1 spiro atoms. The Labute approximate surface area is 195 Å². The van der Waals surface area contributed by atoms with Crippen molar-refractivity contribution >= 4 is 5.69 Å². The number of aromatic hydroxyl groups is 1. The van der Waals surface area contributed by atoms with Gasteiger partial charge in [0.2, 0.25) is 0 Å². The molecule has 0 bridgehead atoms. The van der Waals surface area contributed by atoms with Crippen molar-refractivity contribution < 1.29 is 9.50 Å². The van der Waals surface area contributed by atoms with Gasteiger partial charge in [-0.05, 0) is 103 Å². The number of anilines is 1. The third kappa shape index (κ3) is 3.80. The molecule has 2 heterocycles. The van der Waals surface area contributed by atoms with Crippen molar-refractivity contribution in [2.75, 3.05) is 31.1 Å². The molecule has 2 fully saturated rings. The van der Waals surface area contributed by atoms with E-state index in [0.717, 1.165) is 39.0 Å². The van der Waals surface area contributed by atoms with Gasteiger partial charge in [0.05, 0.1) is 0 Å². The van der Waals surface area contributed by atoms with Gasteiger partial charge in [0.25, 0.3) is 0 Å². The summed E-state index contributed by atoms with van der Waals surface area (Å²) >= 11 is 0. The fraction of sp³-hybridized carbons (Fsp3) is 0.379. The van der Waals surface area contributed by atoms with Crippen LogP contribution in [0.1, 0.15) is 53.4 Å². The Balaban J connectivity index is 1.30. The number of hydrogen-bond acceptors (Lipinski definition) is 3. The van der Waals surface area contributed by atoms with Crippen LogP contribution in [0.4, 0.5) is 10.1 Å². The minimum Gasteiger partial charge on any atom is -0.508 e. The van der Waals surface area contributed by atoms with Gasteiger partial charge in [-0.15, -0.1) is 0 Å². The number of benzene rings is 3. The van der Waals surface area contributed by atoms with Crippen molar-refractivity contribution in [1.82, 2.24) is 5.32 Å². The van der Waals surface area contributed by atoms with Gasteiger partial charge >= 0.3 is 0 Å². The summed E-state index contributed by atoms with van der Waals surface area (Å²) in [6, 6.07) is 21.9. The van der Waals surface area contributed by atoms with E-state index >= 15 is 0 Å². The second-order valence-corrected chi connectivity index (χ2v) is 10.3. The maximum atomic E-state index is 13.6. The van der Waals surface area contributed by atoms with Gasteiger partial charge in [0.15, 0.2) is 0 Å². The molecule has 6 rings (SSSR count). The number of phenolic OH excluding ortho intramolecular Hbond substituents is 1. The molecule has 170 valence electrons. The van der Waals surface area contributed by atoms with Crippen LogP contribution in [0, 0.1) is 11.2 Å². The van der Waals surface area contributed by atoms with Crippen molar-refractivity contribution in [3.05, 3.63) is 94.8 Å². The second-order valence-electron chi connectivity index (χ2n) is 10.3. The molecular formula is C29H31FN2O. The molecule has 3 aromatic rings. The lowest BCUT2D eigenvalue weighted by molar-refractivity contribution is 0.150. The lowest BCUT2D eigenvalue weighted by Crippen LogP contribution is -2.60. The molecule has 1 aliphatic carbocycles. The highest BCUT2D eigenvalue weighted by atomic mass is 19.1. The first-order valence-corrected chi connectivity index (χ1v) is 12.2. The van der Waals surface area contributed by atoms with E-state index in [9.17, 15) is 9.50 Å². The Kier molecular flexibility index (Phi) is 5.14. The number of fused-ring (bicyclic) bond motifs is 1. The highest BCUT2D eigenvalue weighted by Crippen LogP contribution is 2.48. The Morgan fingerprint density at radius 2 is 1.58 bits per heavy atom. The lowest BCUT2D eigenvalue weighted by atomic mass is 9.69. The van der Waals surface area contributed by atoms with Crippen molar-refractivity contribution in [2.45, 2.75) is 37.5 Å². The molecule has 2 atom stereocenters. The molecule has 2 aliphatic heterocycles. The van der Waals surface area contributed by atoms with E-state index < -0.39 is 0 Å². The quantitative estimate of drug-likeness (QED) is 0.556. The van der Waals surface area contributed by atoms with Gasteiger partial charge in [0.1, 0.15) is 11.6 Å². The van der Waals surface area contributed by atoms with E-state index in [2.05, 4.69) is 40.5 Å². The number of nitrogens with one attached hydrogen (secondary N) is 1. The number of rotatable bonds is 3. The molecule has 3 nitrogen and oxygen atoms in total. The molecule has 2 N–H and O–H groups in total. The van der Waals surface area contributed by atoms with Crippen LogP contribution in [0.25, 0.3) is 0 Å². The first-order chi connectivity index (χ1) is 16.1.